The number of para-hydroxylation sites is 1. The monoisotopic (exact) mass is 442 g/mol. The van der Waals surface area contributed by atoms with Gasteiger partial charge in [-0.15, -0.1) is 0 Å². The molecule has 1 saturated heterocycles. The van der Waals surface area contributed by atoms with Crippen LogP contribution in [-0.2, 0) is 27.9 Å². The zero-order chi connectivity index (χ0) is 22.0. The van der Waals surface area contributed by atoms with E-state index >= 15 is 0 Å². The van der Waals surface area contributed by atoms with E-state index in [4.69, 9.17) is 0 Å². The molecule has 1 aromatic carbocycles. The molecule has 1 fully saturated rings. The minimum atomic E-state index is -3.35. The molecule has 2 aromatic rings. The molecular formula is C23H30N4O3S. The molecule has 0 N–H and O–H groups in total. The van der Waals surface area contributed by atoms with E-state index in [0.717, 1.165) is 29.7 Å². The Hall–Kier alpha value is -2.29. The molecule has 2 bridgehead atoms. The molecule has 1 amide bonds. The third-order valence-electron chi connectivity index (χ3n) is 6.28. The van der Waals surface area contributed by atoms with Crippen LogP contribution in [0.1, 0.15) is 37.3 Å². The summed E-state index contributed by atoms with van der Waals surface area (Å²) in [6.45, 7) is 4.04. The first-order valence-electron chi connectivity index (χ1n) is 10.8. The molecule has 1 aromatic heterocycles. The smallest absolute Gasteiger partial charge is 0.223 e. The molecule has 2 aliphatic rings. The predicted octanol–water partition coefficient (Wildman–Crippen LogP) is 2.63. The second kappa shape index (κ2) is 9.06. The molecule has 0 unspecified atom stereocenters. The van der Waals surface area contributed by atoms with E-state index in [2.05, 4.69) is 16.0 Å². The van der Waals surface area contributed by atoms with E-state index < -0.39 is 10.0 Å². The summed E-state index contributed by atoms with van der Waals surface area (Å²) in [5.41, 5.74) is 3.07. The summed E-state index contributed by atoms with van der Waals surface area (Å²) in [5, 5.41) is 0. The molecule has 2 atom stereocenters. The topological polar surface area (TPSA) is 73.8 Å². The molecule has 0 spiro atoms. The number of anilines is 1. The maximum atomic E-state index is 12.7. The van der Waals surface area contributed by atoms with Crippen LogP contribution in [0.5, 0.6) is 0 Å². The highest BCUT2D eigenvalue weighted by Crippen LogP contribution is 2.33. The van der Waals surface area contributed by atoms with Gasteiger partial charge in [-0.3, -0.25) is 14.7 Å². The number of carbonyl (C=O) groups excluding carboxylic acids is 1. The SMILES string of the molecule is CC(=O)N1CC[C@H]2CC[C@@H](CN(Cc3cccnc3)Cc3ccccc31)N2S(C)(=O)=O. The maximum Gasteiger partial charge on any atom is 0.223 e. The molecule has 0 saturated carbocycles. The number of benzene rings is 1. The van der Waals surface area contributed by atoms with Gasteiger partial charge in [0.15, 0.2) is 0 Å². The molecule has 8 heteroatoms. The lowest BCUT2D eigenvalue weighted by molar-refractivity contribution is -0.116. The number of nitrogens with zero attached hydrogens (tertiary/aromatic N) is 4. The first-order valence-corrected chi connectivity index (χ1v) is 12.6. The lowest BCUT2D eigenvalue weighted by atomic mass is 10.1. The Labute approximate surface area is 184 Å². The summed E-state index contributed by atoms with van der Waals surface area (Å²) < 4.78 is 27.1. The van der Waals surface area contributed by atoms with Crippen molar-refractivity contribution in [2.75, 3.05) is 24.2 Å². The fourth-order valence-electron chi connectivity index (χ4n) is 5.03. The largest absolute Gasteiger partial charge is 0.312 e. The van der Waals surface area contributed by atoms with Gasteiger partial charge < -0.3 is 4.90 Å². The summed E-state index contributed by atoms with van der Waals surface area (Å²) in [7, 11) is -3.35. The first kappa shape index (κ1) is 21.9. The highest BCUT2D eigenvalue weighted by Gasteiger charge is 2.40. The Morgan fingerprint density at radius 3 is 2.58 bits per heavy atom. The molecule has 31 heavy (non-hydrogen) atoms. The van der Waals surface area contributed by atoms with Crippen molar-refractivity contribution in [2.45, 2.75) is 51.4 Å². The average Bonchev–Trinajstić information content (AvgIpc) is 3.11. The van der Waals surface area contributed by atoms with Crippen LogP contribution >= 0.6 is 0 Å². The van der Waals surface area contributed by atoms with Gasteiger partial charge in [-0.2, -0.15) is 4.31 Å². The van der Waals surface area contributed by atoms with Crippen LogP contribution in [0.25, 0.3) is 0 Å². The third-order valence-corrected chi connectivity index (χ3v) is 7.64. The van der Waals surface area contributed by atoms with E-state index in [0.29, 0.717) is 32.6 Å². The standard InChI is InChI=1S/C23H30N4O3S/c1-18(28)26-13-11-21-9-10-22(27(21)31(2,29)30)17-25(15-19-6-5-12-24-14-19)16-20-7-3-4-8-23(20)26/h3-8,12,14,21-22H,9-11,13,15-17H2,1-2H3/t21-,22+/m1/s1. The maximum absolute atomic E-state index is 12.7. The van der Waals surface area contributed by atoms with Crippen LogP contribution in [-0.4, -0.2) is 59.9 Å². The fourth-order valence-corrected chi connectivity index (χ4v) is 6.50. The van der Waals surface area contributed by atoms with Gasteiger partial charge in [0.05, 0.1) is 6.26 Å². The normalized spacial score (nSPS) is 23.2. The van der Waals surface area contributed by atoms with Crippen LogP contribution in [0.2, 0.25) is 0 Å². The quantitative estimate of drug-likeness (QED) is 0.731. The zero-order valence-electron chi connectivity index (χ0n) is 18.1. The average molecular weight is 443 g/mol. The molecule has 2 aliphatic heterocycles. The highest BCUT2D eigenvalue weighted by molar-refractivity contribution is 7.88. The number of amides is 1. The molecule has 0 radical (unpaired) electrons. The molecule has 7 nitrogen and oxygen atoms in total. The third kappa shape index (κ3) is 4.97. The summed E-state index contributed by atoms with van der Waals surface area (Å²) in [4.78, 5) is 20.9. The van der Waals surface area contributed by atoms with Gasteiger partial charge in [0.1, 0.15) is 0 Å². The number of fused-ring (bicyclic) bond motifs is 3. The Balaban J connectivity index is 1.75. The van der Waals surface area contributed by atoms with Crippen LogP contribution < -0.4 is 4.90 Å². The number of hydrogen-bond acceptors (Lipinski definition) is 5. The van der Waals surface area contributed by atoms with Crippen molar-refractivity contribution in [3.05, 3.63) is 59.9 Å². The van der Waals surface area contributed by atoms with Gasteiger partial charge in [-0.05, 0) is 42.5 Å². The summed E-state index contributed by atoms with van der Waals surface area (Å²) in [6, 6.07) is 11.8. The molecule has 4 rings (SSSR count). The number of hydrogen-bond donors (Lipinski definition) is 0. The van der Waals surface area contributed by atoms with Gasteiger partial charge in [-0.1, -0.05) is 24.3 Å². The van der Waals surface area contributed by atoms with Gasteiger partial charge in [0, 0.05) is 63.3 Å². The molecule has 3 heterocycles. The second-order valence-electron chi connectivity index (χ2n) is 8.60. The first-order chi connectivity index (χ1) is 14.8. The lowest BCUT2D eigenvalue weighted by Gasteiger charge is -2.32. The van der Waals surface area contributed by atoms with Crippen molar-refractivity contribution in [1.82, 2.24) is 14.2 Å². The van der Waals surface area contributed by atoms with E-state index in [1.54, 1.807) is 22.3 Å². The van der Waals surface area contributed by atoms with Gasteiger partial charge in [0.25, 0.3) is 0 Å². The Bertz CT molecular complexity index is 1030. The Morgan fingerprint density at radius 1 is 1.10 bits per heavy atom. The van der Waals surface area contributed by atoms with Crippen molar-refractivity contribution >= 4 is 21.6 Å². The van der Waals surface area contributed by atoms with Crippen molar-refractivity contribution in [1.29, 1.82) is 0 Å². The van der Waals surface area contributed by atoms with Gasteiger partial charge in [0.2, 0.25) is 15.9 Å². The van der Waals surface area contributed by atoms with Crippen molar-refractivity contribution in [2.24, 2.45) is 0 Å². The fraction of sp³-hybridized carbons (Fsp3) is 0.478. The number of aromatic nitrogens is 1. The van der Waals surface area contributed by atoms with Gasteiger partial charge >= 0.3 is 0 Å². The molecule has 166 valence electrons. The van der Waals surface area contributed by atoms with Crippen molar-refractivity contribution < 1.29 is 13.2 Å². The van der Waals surface area contributed by atoms with Crippen LogP contribution in [0.4, 0.5) is 5.69 Å². The van der Waals surface area contributed by atoms with Crippen LogP contribution in [0.15, 0.2) is 48.8 Å². The van der Waals surface area contributed by atoms with Crippen LogP contribution in [0, 0.1) is 0 Å². The minimum Gasteiger partial charge on any atom is -0.312 e. The van der Waals surface area contributed by atoms with Crippen molar-refractivity contribution in [3.8, 4) is 0 Å². The van der Waals surface area contributed by atoms with E-state index in [1.165, 1.54) is 6.26 Å². The summed E-state index contributed by atoms with van der Waals surface area (Å²) >= 11 is 0. The predicted molar refractivity (Wildman–Crippen MR) is 121 cm³/mol. The second-order valence-corrected chi connectivity index (χ2v) is 10.5. The van der Waals surface area contributed by atoms with E-state index in [-0.39, 0.29) is 18.0 Å². The number of sulfonamides is 1. The molecular weight excluding hydrogens is 412 g/mol. The number of pyridine rings is 1. The lowest BCUT2D eigenvalue weighted by Crippen LogP contribution is -2.46. The van der Waals surface area contributed by atoms with Gasteiger partial charge in [-0.25, -0.2) is 8.42 Å². The number of rotatable bonds is 3. The Kier molecular flexibility index (Phi) is 6.41. The zero-order valence-corrected chi connectivity index (χ0v) is 19.0. The molecule has 0 aliphatic carbocycles. The summed E-state index contributed by atoms with van der Waals surface area (Å²) in [6.07, 6.45) is 7.21. The Morgan fingerprint density at radius 2 is 1.87 bits per heavy atom. The number of carbonyl (C=O) groups is 1. The van der Waals surface area contributed by atoms with Crippen LogP contribution in [0.3, 0.4) is 0 Å². The van der Waals surface area contributed by atoms with Crippen molar-refractivity contribution in [3.63, 3.8) is 0 Å². The minimum absolute atomic E-state index is 0.0223. The van der Waals surface area contributed by atoms with E-state index in [9.17, 15) is 13.2 Å². The highest BCUT2D eigenvalue weighted by atomic mass is 32.2. The summed E-state index contributed by atoms with van der Waals surface area (Å²) in [5.74, 6) is -0.0223. The van der Waals surface area contributed by atoms with E-state index in [1.807, 2.05) is 36.5 Å².